The number of nitrogens with one attached hydrogen (secondary N) is 2. The first-order chi connectivity index (χ1) is 7.66. The molecule has 2 amide bonds. The molecule has 1 aliphatic rings. The zero-order valence-electron chi connectivity index (χ0n) is 8.56. The van der Waals surface area contributed by atoms with Crippen LogP contribution in [0, 0.1) is 0 Å². The van der Waals surface area contributed by atoms with E-state index in [0.29, 0.717) is 13.1 Å². The normalized spacial score (nSPS) is 16.4. The molecule has 1 heterocycles. The predicted molar refractivity (Wildman–Crippen MR) is 57.5 cm³/mol. The van der Waals surface area contributed by atoms with Gasteiger partial charge in [0.25, 0.3) is 0 Å². The molecule has 0 saturated carbocycles. The summed E-state index contributed by atoms with van der Waals surface area (Å²) in [5.41, 5.74) is 1.30. The van der Waals surface area contributed by atoms with E-state index >= 15 is 0 Å². The summed E-state index contributed by atoms with van der Waals surface area (Å²) in [5.74, 6) is -0.734. The summed E-state index contributed by atoms with van der Waals surface area (Å²) in [6.07, 6.45) is 0. The molecule has 0 aromatic heterocycles. The fraction of sp³-hybridized carbons (Fsp3) is 0.273. The minimum atomic E-state index is -0.929. The van der Waals surface area contributed by atoms with Gasteiger partial charge in [0, 0.05) is 19.0 Å². The lowest BCUT2D eigenvalue weighted by Gasteiger charge is -2.23. The molecule has 2 rings (SSSR count). The van der Waals surface area contributed by atoms with Gasteiger partial charge in [0.1, 0.15) is 0 Å². The lowest BCUT2D eigenvalue weighted by molar-refractivity contribution is 0.0697. The summed E-state index contributed by atoms with van der Waals surface area (Å²) in [4.78, 5) is 21.5. The minimum absolute atomic E-state index is 0.154. The van der Waals surface area contributed by atoms with Crippen molar-refractivity contribution in [3.8, 4) is 0 Å². The van der Waals surface area contributed by atoms with Gasteiger partial charge in [0.2, 0.25) is 0 Å². The van der Waals surface area contributed by atoms with E-state index < -0.39 is 5.97 Å². The van der Waals surface area contributed by atoms with Crippen LogP contribution in [-0.4, -0.2) is 30.2 Å². The molecule has 0 radical (unpaired) electrons. The third kappa shape index (κ3) is 2.13. The summed E-state index contributed by atoms with van der Waals surface area (Å²) < 4.78 is 0. The first-order valence-corrected chi connectivity index (χ1v) is 5.02. The van der Waals surface area contributed by atoms with Crippen molar-refractivity contribution < 1.29 is 14.7 Å². The summed E-state index contributed by atoms with van der Waals surface area (Å²) in [5, 5.41) is 14.2. The number of carboxylic acids is 1. The van der Waals surface area contributed by atoms with Gasteiger partial charge in [-0.25, -0.2) is 9.59 Å². The number of amides is 2. The topological polar surface area (TPSA) is 78.4 Å². The fourth-order valence-electron chi connectivity index (χ4n) is 1.70. The summed E-state index contributed by atoms with van der Waals surface area (Å²) in [6.45, 7) is 1.16. The minimum Gasteiger partial charge on any atom is -0.478 e. The van der Waals surface area contributed by atoms with Crippen LogP contribution in [0.2, 0.25) is 0 Å². The molecule has 1 fully saturated rings. The Balaban J connectivity index is 2.10. The second kappa shape index (κ2) is 4.22. The van der Waals surface area contributed by atoms with Gasteiger partial charge in [-0.05, 0) is 17.7 Å². The highest BCUT2D eigenvalue weighted by Gasteiger charge is 2.18. The van der Waals surface area contributed by atoms with Crippen LogP contribution >= 0.6 is 0 Å². The van der Waals surface area contributed by atoms with E-state index in [1.165, 1.54) is 0 Å². The quantitative estimate of drug-likeness (QED) is 0.689. The third-order valence-corrected chi connectivity index (χ3v) is 2.65. The van der Waals surface area contributed by atoms with Crippen molar-refractivity contribution in [1.82, 2.24) is 10.6 Å². The number of aromatic carboxylic acids is 1. The van der Waals surface area contributed by atoms with Gasteiger partial charge in [0.05, 0.1) is 5.56 Å². The number of urea groups is 1. The number of hydrogen-bond acceptors (Lipinski definition) is 2. The van der Waals surface area contributed by atoms with Crippen molar-refractivity contribution in [1.29, 1.82) is 0 Å². The van der Waals surface area contributed by atoms with Crippen LogP contribution in [-0.2, 0) is 0 Å². The second-order valence-corrected chi connectivity index (χ2v) is 3.72. The maximum Gasteiger partial charge on any atom is 0.335 e. The Hall–Kier alpha value is -2.04. The van der Waals surface area contributed by atoms with Crippen LogP contribution in [0.5, 0.6) is 0 Å². The average Bonchev–Trinajstić information content (AvgIpc) is 2.30. The van der Waals surface area contributed by atoms with E-state index in [4.69, 9.17) is 5.11 Å². The smallest absolute Gasteiger partial charge is 0.335 e. The summed E-state index contributed by atoms with van der Waals surface area (Å²) >= 11 is 0. The molecular weight excluding hydrogens is 208 g/mol. The number of carbonyl (C=O) groups is 2. The van der Waals surface area contributed by atoms with Crippen LogP contribution in [0.4, 0.5) is 4.79 Å². The maximum atomic E-state index is 10.9. The van der Waals surface area contributed by atoms with E-state index in [1.54, 1.807) is 24.3 Å². The summed E-state index contributed by atoms with van der Waals surface area (Å²) in [7, 11) is 0. The van der Waals surface area contributed by atoms with Crippen LogP contribution in [0.1, 0.15) is 21.8 Å². The standard InChI is InChI=1S/C11H12N2O3/c14-10(15)8-3-1-7(2-4-8)9-5-12-11(16)13-6-9/h1-4,9H,5-6H2,(H,14,15)(H2,12,13,16). The Kier molecular flexibility index (Phi) is 2.76. The Bertz CT molecular complexity index is 404. The molecule has 84 valence electrons. The fourth-order valence-corrected chi connectivity index (χ4v) is 1.70. The van der Waals surface area contributed by atoms with Crippen LogP contribution in [0.25, 0.3) is 0 Å². The number of carboxylic acid groups (broad SMARTS) is 1. The molecular formula is C11H12N2O3. The molecule has 0 atom stereocenters. The van der Waals surface area contributed by atoms with Crippen molar-refractivity contribution in [3.63, 3.8) is 0 Å². The average molecular weight is 220 g/mol. The first kappa shape index (κ1) is 10.5. The number of rotatable bonds is 2. The second-order valence-electron chi connectivity index (χ2n) is 3.72. The van der Waals surface area contributed by atoms with Crippen LogP contribution in [0.15, 0.2) is 24.3 Å². The van der Waals surface area contributed by atoms with Crippen LogP contribution < -0.4 is 10.6 Å². The van der Waals surface area contributed by atoms with Crippen molar-refractivity contribution in [2.45, 2.75) is 5.92 Å². The molecule has 5 nitrogen and oxygen atoms in total. The van der Waals surface area contributed by atoms with Gasteiger partial charge in [-0.1, -0.05) is 12.1 Å². The molecule has 1 aliphatic heterocycles. The number of carbonyl (C=O) groups excluding carboxylic acids is 1. The van der Waals surface area contributed by atoms with E-state index in [9.17, 15) is 9.59 Å². The van der Waals surface area contributed by atoms with E-state index in [1.807, 2.05) is 0 Å². The molecule has 1 aromatic carbocycles. The SMILES string of the molecule is O=C1NCC(c2ccc(C(=O)O)cc2)CN1. The maximum absolute atomic E-state index is 10.9. The highest BCUT2D eigenvalue weighted by Crippen LogP contribution is 2.16. The zero-order chi connectivity index (χ0) is 11.5. The van der Waals surface area contributed by atoms with Gasteiger partial charge in [0.15, 0.2) is 0 Å². The number of benzene rings is 1. The van der Waals surface area contributed by atoms with Crippen molar-refractivity contribution in [2.75, 3.05) is 13.1 Å². The molecule has 0 spiro atoms. The Morgan fingerprint density at radius 2 is 1.75 bits per heavy atom. The van der Waals surface area contributed by atoms with E-state index in [-0.39, 0.29) is 17.5 Å². The van der Waals surface area contributed by atoms with Gasteiger partial charge in [-0.15, -0.1) is 0 Å². The van der Waals surface area contributed by atoms with Gasteiger partial charge < -0.3 is 15.7 Å². The zero-order valence-corrected chi connectivity index (χ0v) is 8.56. The molecule has 0 unspecified atom stereocenters. The Labute approximate surface area is 92.5 Å². The molecule has 3 N–H and O–H groups in total. The summed E-state index contributed by atoms with van der Waals surface area (Å²) in [6, 6.07) is 6.57. The molecule has 16 heavy (non-hydrogen) atoms. The van der Waals surface area contributed by atoms with E-state index in [2.05, 4.69) is 10.6 Å². The predicted octanol–water partition coefficient (Wildman–Crippen LogP) is 0.781. The van der Waals surface area contributed by atoms with Crippen molar-refractivity contribution >= 4 is 12.0 Å². The van der Waals surface area contributed by atoms with Crippen molar-refractivity contribution in [2.24, 2.45) is 0 Å². The highest BCUT2D eigenvalue weighted by atomic mass is 16.4. The lowest BCUT2D eigenvalue weighted by atomic mass is 9.97. The Morgan fingerprint density at radius 1 is 1.19 bits per heavy atom. The molecule has 0 bridgehead atoms. The molecule has 5 heteroatoms. The number of hydrogen-bond donors (Lipinski definition) is 3. The van der Waals surface area contributed by atoms with E-state index in [0.717, 1.165) is 5.56 Å². The monoisotopic (exact) mass is 220 g/mol. The van der Waals surface area contributed by atoms with Crippen LogP contribution in [0.3, 0.4) is 0 Å². The Morgan fingerprint density at radius 3 is 2.25 bits per heavy atom. The first-order valence-electron chi connectivity index (χ1n) is 5.02. The van der Waals surface area contributed by atoms with Gasteiger partial charge >= 0.3 is 12.0 Å². The molecule has 0 aliphatic carbocycles. The molecule has 1 aromatic rings. The lowest BCUT2D eigenvalue weighted by Crippen LogP contribution is -2.47. The third-order valence-electron chi connectivity index (χ3n) is 2.65. The molecule has 1 saturated heterocycles. The van der Waals surface area contributed by atoms with Crippen molar-refractivity contribution in [3.05, 3.63) is 35.4 Å². The van der Waals surface area contributed by atoms with Gasteiger partial charge in [-0.3, -0.25) is 0 Å². The highest BCUT2D eigenvalue weighted by molar-refractivity contribution is 5.87. The largest absolute Gasteiger partial charge is 0.478 e. The van der Waals surface area contributed by atoms with Gasteiger partial charge in [-0.2, -0.15) is 0 Å².